The number of rotatable bonds is 5. The summed E-state index contributed by atoms with van der Waals surface area (Å²) in [5.74, 6) is -1.00. The number of nitrogens with two attached hydrogens (primary N) is 1. The van der Waals surface area contributed by atoms with Crippen molar-refractivity contribution in [3.63, 3.8) is 0 Å². The van der Waals surface area contributed by atoms with Gasteiger partial charge < -0.3 is 10.6 Å². The number of halogens is 3. The van der Waals surface area contributed by atoms with Crippen LogP contribution in [0.5, 0.6) is 0 Å². The molecule has 3 amide bonds. The number of carbonyl (C=O) groups is 2. The Bertz CT molecular complexity index is 1490. The summed E-state index contributed by atoms with van der Waals surface area (Å²) in [6.45, 7) is 8.30. The summed E-state index contributed by atoms with van der Waals surface area (Å²) in [6.07, 6.45) is -3.84. The van der Waals surface area contributed by atoms with Crippen LogP contribution in [-0.2, 0) is 20.8 Å². The highest BCUT2D eigenvalue weighted by molar-refractivity contribution is 7.90. The lowest BCUT2D eigenvalue weighted by Crippen LogP contribution is -2.52. The molecule has 0 saturated heterocycles. The topological polar surface area (TPSA) is 129 Å². The van der Waals surface area contributed by atoms with Crippen LogP contribution in [0, 0.1) is 17.9 Å². The van der Waals surface area contributed by atoms with Crippen LogP contribution in [0.3, 0.4) is 0 Å². The number of nitrogens with zero attached hydrogens (tertiary/aromatic N) is 4. The number of amides is 3. The molecule has 36 heavy (non-hydrogen) atoms. The van der Waals surface area contributed by atoms with E-state index >= 15 is 0 Å². The van der Waals surface area contributed by atoms with E-state index in [0.717, 1.165) is 40.3 Å². The Morgan fingerprint density at radius 1 is 1.25 bits per heavy atom. The molecule has 1 atom stereocenters. The molecule has 0 saturated carbocycles. The maximum absolute atomic E-state index is 13.6. The molecule has 0 unspecified atom stereocenters. The maximum Gasteiger partial charge on any atom is 0.416 e. The van der Waals surface area contributed by atoms with Gasteiger partial charge in [0.15, 0.2) is 9.84 Å². The van der Waals surface area contributed by atoms with Crippen molar-refractivity contribution in [1.29, 1.82) is 5.26 Å². The van der Waals surface area contributed by atoms with Gasteiger partial charge in [0.1, 0.15) is 6.54 Å². The predicted octanol–water partition coefficient (Wildman–Crippen LogP) is 3.60. The van der Waals surface area contributed by atoms with Gasteiger partial charge in [0.25, 0.3) is 0 Å². The number of primary amides is 1. The molecule has 0 aliphatic carbocycles. The monoisotopic (exact) mass is 517 g/mol. The lowest BCUT2D eigenvalue weighted by atomic mass is 9.96. The standard InChI is InChI=1S/C23H18F3N5O4S/c1-13-20(29-2)21(17-8-7-14(11-27)9-18(17)36(3,34)35)30(12-19(28)32)22(33)31(13)16-6-4-5-15(10-16)23(24,25)26/h4-10,21H,12H2,1,3H3,(H2,28,32)/t21-/m1/s1. The lowest BCUT2D eigenvalue weighted by Gasteiger charge is -2.41. The van der Waals surface area contributed by atoms with E-state index in [2.05, 4.69) is 4.85 Å². The highest BCUT2D eigenvalue weighted by atomic mass is 32.2. The molecule has 9 nitrogen and oxygen atoms in total. The van der Waals surface area contributed by atoms with Crippen LogP contribution in [-0.4, -0.2) is 38.1 Å². The fraction of sp³-hybridized carbons (Fsp3) is 0.217. The summed E-state index contributed by atoms with van der Waals surface area (Å²) in [7, 11) is -3.99. The summed E-state index contributed by atoms with van der Waals surface area (Å²) < 4.78 is 65.0. The molecule has 2 aromatic carbocycles. The van der Waals surface area contributed by atoms with Gasteiger partial charge in [0.2, 0.25) is 11.6 Å². The van der Waals surface area contributed by atoms with E-state index < -0.39 is 46.1 Å². The van der Waals surface area contributed by atoms with E-state index in [9.17, 15) is 36.4 Å². The number of alkyl halides is 3. The first-order chi connectivity index (χ1) is 16.7. The first-order valence-corrected chi connectivity index (χ1v) is 12.0. The largest absolute Gasteiger partial charge is 0.416 e. The molecule has 0 bridgehead atoms. The summed E-state index contributed by atoms with van der Waals surface area (Å²) in [5, 5.41) is 9.21. The van der Waals surface area contributed by atoms with E-state index in [1.807, 2.05) is 6.07 Å². The molecule has 0 aromatic heterocycles. The van der Waals surface area contributed by atoms with Crippen molar-refractivity contribution < 1.29 is 31.2 Å². The summed E-state index contributed by atoms with van der Waals surface area (Å²) in [4.78, 5) is 30.2. The molecule has 2 N–H and O–H groups in total. The molecular weight excluding hydrogens is 499 g/mol. The molecule has 1 heterocycles. The molecule has 0 fully saturated rings. The molecule has 1 aliphatic rings. The predicted molar refractivity (Wildman–Crippen MR) is 122 cm³/mol. The number of hydrogen-bond donors (Lipinski definition) is 1. The van der Waals surface area contributed by atoms with E-state index in [0.29, 0.717) is 0 Å². The Hall–Kier alpha value is -4.36. The zero-order valence-electron chi connectivity index (χ0n) is 18.9. The Morgan fingerprint density at radius 3 is 2.44 bits per heavy atom. The average Bonchev–Trinajstić information content (AvgIpc) is 2.79. The van der Waals surface area contributed by atoms with Crippen LogP contribution in [0.25, 0.3) is 4.85 Å². The van der Waals surface area contributed by atoms with Crippen molar-refractivity contribution >= 4 is 27.5 Å². The zero-order chi connectivity index (χ0) is 27.0. The molecule has 1 aliphatic heterocycles. The molecule has 2 aromatic rings. The quantitative estimate of drug-likeness (QED) is 0.606. The fourth-order valence-electron chi connectivity index (χ4n) is 3.90. The van der Waals surface area contributed by atoms with E-state index in [4.69, 9.17) is 12.3 Å². The van der Waals surface area contributed by atoms with Gasteiger partial charge in [-0.2, -0.15) is 18.4 Å². The van der Waals surface area contributed by atoms with Gasteiger partial charge in [-0.3, -0.25) is 9.69 Å². The minimum atomic E-state index is -4.71. The smallest absolute Gasteiger partial charge is 0.368 e. The van der Waals surface area contributed by atoms with Gasteiger partial charge in [-0.05, 0) is 42.8 Å². The summed E-state index contributed by atoms with van der Waals surface area (Å²) in [6, 6.07) is 6.85. The minimum Gasteiger partial charge on any atom is -0.368 e. The van der Waals surface area contributed by atoms with Crippen LogP contribution in [0.1, 0.15) is 29.7 Å². The second kappa shape index (κ2) is 9.36. The van der Waals surface area contributed by atoms with Crippen molar-refractivity contribution in [2.75, 3.05) is 17.7 Å². The third-order valence-corrected chi connectivity index (χ3v) is 6.58. The van der Waals surface area contributed by atoms with Crippen LogP contribution >= 0.6 is 0 Å². The first kappa shape index (κ1) is 26.2. The third-order valence-electron chi connectivity index (χ3n) is 5.43. The van der Waals surface area contributed by atoms with Gasteiger partial charge in [-0.1, -0.05) is 12.1 Å². The first-order valence-electron chi connectivity index (χ1n) is 10.1. The molecule has 0 spiro atoms. The number of hydrogen-bond acceptors (Lipinski definition) is 5. The Morgan fingerprint density at radius 2 is 1.92 bits per heavy atom. The highest BCUT2D eigenvalue weighted by Crippen LogP contribution is 2.42. The number of allylic oxidation sites excluding steroid dienone is 1. The number of urea groups is 1. The average molecular weight is 517 g/mol. The number of nitriles is 1. The second-order valence-electron chi connectivity index (χ2n) is 7.88. The van der Waals surface area contributed by atoms with Gasteiger partial charge >= 0.3 is 12.2 Å². The lowest BCUT2D eigenvalue weighted by molar-refractivity contribution is -0.137. The van der Waals surface area contributed by atoms with Crippen molar-refractivity contribution in [2.24, 2.45) is 5.73 Å². The SMILES string of the molecule is [C-]#[N+]C1=C(C)N(c2cccc(C(F)(F)F)c2)C(=O)N(CC(N)=O)[C@@H]1c1ccc(C#N)cc1S(C)(=O)=O. The summed E-state index contributed by atoms with van der Waals surface area (Å²) >= 11 is 0. The minimum absolute atomic E-state index is 0.00146. The fourth-order valence-corrected chi connectivity index (χ4v) is 4.85. The Balaban J connectivity index is 2.34. The molecule has 13 heteroatoms. The van der Waals surface area contributed by atoms with Crippen LogP contribution < -0.4 is 10.6 Å². The maximum atomic E-state index is 13.6. The number of anilines is 1. The van der Waals surface area contributed by atoms with E-state index in [1.165, 1.54) is 25.1 Å². The van der Waals surface area contributed by atoms with Crippen LogP contribution in [0.4, 0.5) is 23.7 Å². The van der Waals surface area contributed by atoms with Crippen molar-refractivity contribution in [2.45, 2.75) is 24.0 Å². The van der Waals surface area contributed by atoms with Crippen molar-refractivity contribution in [1.82, 2.24) is 4.90 Å². The molecule has 186 valence electrons. The Kier molecular flexibility index (Phi) is 6.82. The van der Waals surface area contributed by atoms with Crippen molar-refractivity contribution in [3.05, 3.63) is 82.0 Å². The second-order valence-corrected chi connectivity index (χ2v) is 9.87. The summed E-state index contributed by atoms with van der Waals surface area (Å²) in [5.41, 5.74) is 3.71. The normalized spacial score (nSPS) is 16.5. The number of benzene rings is 2. The van der Waals surface area contributed by atoms with E-state index in [-0.39, 0.29) is 33.1 Å². The van der Waals surface area contributed by atoms with E-state index in [1.54, 1.807) is 0 Å². The molecule has 3 rings (SSSR count). The molecule has 0 radical (unpaired) electrons. The van der Waals surface area contributed by atoms with Gasteiger partial charge in [-0.25, -0.2) is 18.1 Å². The van der Waals surface area contributed by atoms with Gasteiger partial charge in [0.05, 0.1) is 34.7 Å². The third kappa shape index (κ3) is 4.87. The molecular formula is C23H18F3N5O4S. The number of carbonyl (C=O) groups excluding carboxylic acids is 2. The number of sulfone groups is 1. The van der Waals surface area contributed by atoms with Crippen LogP contribution in [0.2, 0.25) is 0 Å². The Labute approximate surface area is 204 Å². The van der Waals surface area contributed by atoms with Gasteiger partial charge in [0, 0.05) is 17.6 Å². The van der Waals surface area contributed by atoms with Gasteiger partial charge in [-0.15, -0.1) is 0 Å². The highest BCUT2D eigenvalue weighted by Gasteiger charge is 2.43. The zero-order valence-corrected chi connectivity index (χ0v) is 19.7. The van der Waals surface area contributed by atoms with Crippen LogP contribution in [0.15, 0.2) is 58.8 Å². The van der Waals surface area contributed by atoms with Crippen molar-refractivity contribution in [3.8, 4) is 6.07 Å².